The largest absolute Gasteiger partial charge is 0.416 e. The Bertz CT molecular complexity index is 1170. The van der Waals surface area contributed by atoms with Crippen LogP contribution in [0.4, 0.5) is 19.0 Å². The molecule has 1 fully saturated rings. The molecule has 174 valence electrons. The van der Waals surface area contributed by atoms with Crippen molar-refractivity contribution in [2.45, 2.75) is 51.7 Å². The number of hydrogen-bond acceptors (Lipinski definition) is 4. The third kappa shape index (κ3) is 5.10. The monoisotopic (exact) mass is 456 g/mol. The van der Waals surface area contributed by atoms with Crippen LogP contribution in [0.1, 0.15) is 61.2 Å². The summed E-state index contributed by atoms with van der Waals surface area (Å²) in [4.78, 5) is 22.6. The molecule has 1 aromatic heterocycles. The molecule has 2 aromatic carbocycles. The quantitative estimate of drug-likeness (QED) is 0.535. The smallest absolute Gasteiger partial charge is 0.363 e. The number of aromatic nitrogens is 2. The molecule has 0 spiro atoms. The molecule has 1 saturated heterocycles. The molecule has 33 heavy (non-hydrogen) atoms. The number of nitrogens with one attached hydrogen (secondary N) is 1. The number of piperidine rings is 1. The summed E-state index contributed by atoms with van der Waals surface area (Å²) in [6, 6.07) is 11.1. The fraction of sp³-hybridized carbons (Fsp3) is 0.400. The highest BCUT2D eigenvalue weighted by Crippen LogP contribution is 2.34. The minimum atomic E-state index is -4.39. The number of rotatable bonds is 4. The third-order valence-electron chi connectivity index (χ3n) is 6.31. The predicted octanol–water partition coefficient (Wildman–Crippen LogP) is 5.86. The minimum Gasteiger partial charge on any atom is -0.363 e. The number of hydrogen-bond donors (Lipinski definition) is 1. The summed E-state index contributed by atoms with van der Waals surface area (Å²) in [6.45, 7) is 6.69. The molecule has 1 aliphatic rings. The lowest BCUT2D eigenvalue weighted by atomic mass is 9.88. The summed E-state index contributed by atoms with van der Waals surface area (Å²) < 4.78 is 39.4. The van der Waals surface area contributed by atoms with E-state index < -0.39 is 11.7 Å². The maximum Gasteiger partial charge on any atom is 0.416 e. The fourth-order valence-electron chi connectivity index (χ4n) is 4.43. The van der Waals surface area contributed by atoms with Crippen molar-refractivity contribution in [2.75, 3.05) is 18.4 Å². The number of carbonyl (C=O) groups excluding carboxylic acids is 1. The van der Waals surface area contributed by atoms with E-state index in [4.69, 9.17) is 0 Å². The Balaban J connectivity index is 1.62. The van der Waals surface area contributed by atoms with Crippen LogP contribution in [0.25, 0.3) is 10.9 Å². The van der Waals surface area contributed by atoms with Gasteiger partial charge in [0.15, 0.2) is 0 Å². The van der Waals surface area contributed by atoms with E-state index in [-0.39, 0.29) is 11.9 Å². The van der Waals surface area contributed by atoms with E-state index in [1.165, 1.54) is 12.1 Å². The second-order valence-electron chi connectivity index (χ2n) is 8.67. The first-order valence-electron chi connectivity index (χ1n) is 11.1. The van der Waals surface area contributed by atoms with Crippen LogP contribution in [-0.4, -0.2) is 33.9 Å². The molecule has 0 radical (unpaired) electrons. The number of anilines is 1. The van der Waals surface area contributed by atoms with Crippen LogP contribution < -0.4 is 5.32 Å². The maximum absolute atomic E-state index is 13.1. The van der Waals surface area contributed by atoms with Gasteiger partial charge < -0.3 is 10.2 Å². The van der Waals surface area contributed by atoms with E-state index in [1.54, 1.807) is 19.9 Å². The van der Waals surface area contributed by atoms with Crippen LogP contribution in [-0.2, 0) is 11.0 Å². The zero-order valence-corrected chi connectivity index (χ0v) is 18.9. The first-order valence-corrected chi connectivity index (χ1v) is 11.1. The van der Waals surface area contributed by atoms with Crippen molar-refractivity contribution >= 4 is 22.6 Å². The zero-order valence-electron chi connectivity index (χ0n) is 18.9. The Kier molecular flexibility index (Phi) is 6.28. The average Bonchev–Trinajstić information content (AvgIpc) is 2.78. The number of likely N-dealkylation sites (tertiary alicyclic amines) is 1. The molecule has 8 heteroatoms. The number of nitrogens with zero attached hydrogens (tertiary/aromatic N) is 3. The summed E-state index contributed by atoms with van der Waals surface area (Å²) in [6.07, 6.45) is -2.61. The third-order valence-corrected chi connectivity index (χ3v) is 6.31. The molecule has 1 amide bonds. The Morgan fingerprint density at radius 3 is 2.52 bits per heavy atom. The lowest BCUT2D eigenvalue weighted by molar-refractivity contribution is -0.137. The maximum atomic E-state index is 13.1. The van der Waals surface area contributed by atoms with Gasteiger partial charge in [0.2, 0.25) is 5.91 Å². The van der Waals surface area contributed by atoms with Crippen LogP contribution in [0, 0.1) is 6.92 Å². The van der Waals surface area contributed by atoms with Gasteiger partial charge in [-0.05, 0) is 68.0 Å². The molecule has 3 aromatic rings. The van der Waals surface area contributed by atoms with Crippen LogP contribution in [0.2, 0.25) is 0 Å². The molecular weight excluding hydrogens is 429 g/mol. The lowest BCUT2D eigenvalue weighted by Crippen LogP contribution is -2.36. The van der Waals surface area contributed by atoms with Crippen molar-refractivity contribution in [3.05, 3.63) is 65.0 Å². The molecule has 0 bridgehead atoms. The highest BCUT2D eigenvalue weighted by Gasteiger charge is 2.30. The highest BCUT2D eigenvalue weighted by molar-refractivity contribution is 5.90. The Hall–Kier alpha value is -3.16. The van der Waals surface area contributed by atoms with Gasteiger partial charge in [-0.15, -0.1) is 0 Å². The van der Waals surface area contributed by atoms with E-state index in [2.05, 4.69) is 27.4 Å². The molecule has 0 aliphatic carbocycles. The van der Waals surface area contributed by atoms with Crippen LogP contribution in [0.15, 0.2) is 42.5 Å². The number of aryl methyl sites for hydroxylation is 1. The van der Waals surface area contributed by atoms with Crippen molar-refractivity contribution in [1.29, 1.82) is 0 Å². The fourth-order valence-corrected chi connectivity index (χ4v) is 4.43. The predicted molar refractivity (Wildman–Crippen MR) is 122 cm³/mol. The molecule has 1 atom stereocenters. The van der Waals surface area contributed by atoms with Gasteiger partial charge in [0, 0.05) is 31.4 Å². The molecule has 2 heterocycles. The first kappa shape index (κ1) is 23.0. The molecule has 4 rings (SSSR count). The standard InChI is InChI=1S/C25H27F3N4O/c1-15(19-5-4-6-21(13-19)25(26,27)28)29-24-22-14-20(7-8-23(22)30-16(2)31-24)18-9-11-32(12-10-18)17(3)33/h4-8,13-15,18H,9-12H2,1-3H3,(H,29,30,31)/t15-/m1/s1. The van der Waals surface area contributed by atoms with Crippen LogP contribution >= 0.6 is 0 Å². The van der Waals surface area contributed by atoms with Gasteiger partial charge in [-0.3, -0.25) is 4.79 Å². The van der Waals surface area contributed by atoms with Gasteiger partial charge >= 0.3 is 6.18 Å². The van der Waals surface area contributed by atoms with Crippen LogP contribution in [0.3, 0.4) is 0 Å². The number of halogens is 3. The summed E-state index contributed by atoms with van der Waals surface area (Å²) in [5.74, 6) is 1.63. The van der Waals surface area contributed by atoms with Crippen molar-refractivity contribution in [2.24, 2.45) is 0 Å². The van der Waals surface area contributed by atoms with E-state index in [0.717, 1.165) is 48.5 Å². The van der Waals surface area contributed by atoms with Crippen molar-refractivity contribution < 1.29 is 18.0 Å². The number of fused-ring (bicyclic) bond motifs is 1. The highest BCUT2D eigenvalue weighted by atomic mass is 19.4. The lowest BCUT2D eigenvalue weighted by Gasteiger charge is -2.31. The number of amides is 1. The number of carbonyl (C=O) groups is 1. The SMILES string of the molecule is CC(=O)N1CCC(c2ccc3nc(C)nc(N[C@H](C)c4cccc(C(F)(F)F)c4)c3c2)CC1. The van der Waals surface area contributed by atoms with Gasteiger partial charge in [0.05, 0.1) is 11.1 Å². The minimum absolute atomic E-state index is 0.103. The summed E-state index contributed by atoms with van der Waals surface area (Å²) in [5.41, 5.74) is 1.80. The molecule has 0 unspecified atom stereocenters. The van der Waals surface area contributed by atoms with Gasteiger partial charge in [-0.1, -0.05) is 18.2 Å². The van der Waals surface area contributed by atoms with Crippen molar-refractivity contribution in [1.82, 2.24) is 14.9 Å². The first-order chi connectivity index (χ1) is 15.6. The zero-order chi connectivity index (χ0) is 23.8. The van der Waals surface area contributed by atoms with Gasteiger partial charge in [-0.2, -0.15) is 13.2 Å². The van der Waals surface area contributed by atoms with Gasteiger partial charge in [-0.25, -0.2) is 9.97 Å². The second-order valence-corrected chi connectivity index (χ2v) is 8.67. The summed E-state index contributed by atoms with van der Waals surface area (Å²) >= 11 is 0. The topological polar surface area (TPSA) is 58.1 Å². The van der Waals surface area contributed by atoms with Crippen molar-refractivity contribution in [3.8, 4) is 0 Å². The summed E-state index contributed by atoms with van der Waals surface area (Å²) in [5, 5.41) is 4.14. The molecule has 5 nitrogen and oxygen atoms in total. The van der Waals surface area contributed by atoms with Crippen LogP contribution in [0.5, 0.6) is 0 Å². The second kappa shape index (κ2) is 9.00. The van der Waals surface area contributed by atoms with E-state index in [1.807, 2.05) is 17.9 Å². The number of benzene rings is 2. The molecule has 0 saturated carbocycles. The Labute approximate surface area is 191 Å². The van der Waals surface area contributed by atoms with Gasteiger partial charge in [0.25, 0.3) is 0 Å². The molecular formula is C25H27F3N4O. The molecule has 1 N–H and O–H groups in total. The van der Waals surface area contributed by atoms with E-state index >= 15 is 0 Å². The summed E-state index contributed by atoms with van der Waals surface area (Å²) in [7, 11) is 0. The van der Waals surface area contributed by atoms with Crippen molar-refractivity contribution in [3.63, 3.8) is 0 Å². The number of alkyl halides is 3. The Morgan fingerprint density at radius 2 is 1.85 bits per heavy atom. The average molecular weight is 457 g/mol. The normalized spacial score (nSPS) is 16.1. The van der Waals surface area contributed by atoms with E-state index in [0.29, 0.717) is 23.1 Å². The van der Waals surface area contributed by atoms with Gasteiger partial charge in [0.1, 0.15) is 11.6 Å². The molecule has 1 aliphatic heterocycles. The Morgan fingerprint density at radius 1 is 1.12 bits per heavy atom. The van der Waals surface area contributed by atoms with E-state index in [9.17, 15) is 18.0 Å².